The van der Waals surface area contributed by atoms with Crippen LogP contribution in [-0.4, -0.2) is 22.4 Å². The molecule has 0 spiro atoms. The van der Waals surface area contributed by atoms with Crippen LogP contribution in [0, 0.1) is 13.8 Å². The predicted molar refractivity (Wildman–Crippen MR) is 133 cm³/mol. The molecule has 4 heteroatoms. The van der Waals surface area contributed by atoms with Crippen molar-refractivity contribution in [3.63, 3.8) is 0 Å². The molecule has 0 amide bonds. The van der Waals surface area contributed by atoms with Gasteiger partial charge in [0.25, 0.3) is 0 Å². The molecule has 31 heavy (non-hydrogen) atoms. The summed E-state index contributed by atoms with van der Waals surface area (Å²) in [6, 6.07) is 0. The first-order valence-electron chi connectivity index (χ1n) is 11.5. The van der Waals surface area contributed by atoms with Gasteiger partial charge in [0.2, 0.25) is 0 Å². The van der Waals surface area contributed by atoms with Gasteiger partial charge in [0.15, 0.2) is 0 Å². The van der Waals surface area contributed by atoms with Crippen LogP contribution in [0.2, 0.25) is 0 Å². The van der Waals surface area contributed by atoms with Gasteiger partial charge >= 0.3 is 0 Å². The minimum absolute atomic E-state index is 0.885. The molecule has 4 heterocycles. The topological polar surface area (TPSA) is 56.3 Å². The van der Waals surface area contributed by atoms with E-state index in [2.05, 4.69) is 73.6 Å². The zero-order valence-electron chi connectivity index (χ0n) is 19.7. The Morgan fingerprint density at radius 2 is 1.61 bits per heavy atom. The van der Waals surface area contributed by atoms with E-state index in [0.717, 1.165) is 37.8 Å². The lowest BCUT2D eigenvalue weighted by molar-refractivity contribution is 0.984. The zero-order valence-corrected chi connectivity index (χ0v) is 19.7. The molecule has 0 atom stereocenters. The number of rotatable bonds is 6. The van der Waals surface area contributed by atoms with Crippen molar-refractivity contribution in [3.05, 3.63) is 67.6 Å². The van der Waals surface area contributed by atoms with Crippen LogP contribution in [0.3, 0.4) is 0 Å². The molecule has 0 saturated carbocycles. The minimum atomic E-state index is 0.885. The van der Waals surface area contributed by atoms with Crippen LogP contribution in [-0.2, 0) is 19.3 Å². The fourth-order valence-electron chi connectivity index (χ4n) is 4.72. The van der Waals surface area contributed by atoms with E-state index < -0.39 is 0 Å². The highest BCUT2D eigenvalue weighted by Crippen LogP contribution is 2.30. The van der Waals surface area contributed by atoms with E-state index in [0.29, 0.717) is 0 Å². The summed E-state index contributed by atoms with van der Waals surface area (Å²) in [5.41, 5.74) is 15.3. The number of nitrogens with one attached hydrogen (secondary N) is 2. The van der Waals surface area contributed by atoms with Crippen molar-refractivity contribution in [2.24, 2.45) is 9.98 Å². The summed E-state index contributed by atoms with van der Waals surface area (Å²) in [6.07, 6.45) is 13.4. The van der Waals surface area contributed by atoms with Gasteiger partial charge in [-0.15, -0.1) is 0 Å². The van der Waals surface area contributed by atoms with E-state index in [1.54, 1.807) is 0 Å². The molecule has 4 rings (SSSR count). The zero-order chi connectivity index (χ0) is 22.1. The molecule has 2 N–H and O–H groups in total. The highest BCUT2D eigenvalue weighted by molar-refractivity contribution is 5.87. The standard InChI is InChI=1S/C27H34N4/c1-7-21-18(5)25(30-26(21)12-20-10-9-11-28-20)14-27-22(8-2)19(6)24(31-27)13-23-17(4)16(3)15-29-23/h11-13,15,30-31H,7-10,14H2,1-6H3/b20-12-,23-13-. The average Bonchev–Trinajstić information content (AvgIpc) is 3.50. The Morgan fingerprint density at radius 1 is 0.871 bits per heavy atom. The third-order valence-electron chi connectivity index (χ3n) is 6.83. The number of aromatic nitrogens is 2. The van der Waals surface area contributed by atoms with Crippen LogP contribution in [0.5, 0.6) is 0 Å². The Bertz CT molecular complexity index is 1160. The SMILES string of the molecule is CCc1c(/C=C2/CCC=N2)[nH]c(Cc2[nH]c(/C=C3\N=CC(C)=C3C)c(C)c2CC)c1C. The maximum absolute atomic E-state index is 4.59. The Morgan fingerprint density at radius 3 is 2.23 bits per heavy atom. The van der Waals surface area contributed by atoms with E-state index in [9.17, 15) is 0 Å². The molecule has 0 aliphatic carbocycles. The fraction of sp³-hybridized carbons (Fsp3) is 0.407. The minimum Gasteiger partial charge on any atom is -0.358 e. The Labute approximate surface area is 186 Å². The van der Waals surface area contributed by atoms with Gasteiger partial charge in [0.1, 0.15) is 0 Å². The van der Waals surface area contributed by atoms with Gasteiger partial charge in [-0.2, -0.15) is 0 Å². The normalized spacial score (nSPS) is 18.5. The Hall–Kier alpha value is -2.88. The second-order valence-electron chi connectivity index (χ2n) is 8.71. The third kappa shape index (κ3) is 4.04. The molecule has 2 aromatic heterocycles. The highest BCUT2D eigenvalue weighted by atomic mass is 14.8. The molecule has 0 radical (unpaired) electrons. The molecule has 4 nitrogen and oxygen atoms in total. The molecule has 0 fully saturated rings. The van der Waals surface area contributed by atoms with E-state index in [-0.39, 0.29) is 0 Å². The maximum Gasteiger partial charge on any atom is 0.0682 e. The molecule has 2 aliphatic heterocycles. The van der Waals surface area contributed by atoms with Crippen LogP contribution in [0.4, 0.5) is 0 Å². The second-order valence-corrected chi connectivity index (χ2v) is 8.71. The van der Waals surface area contributed by atoms with Crippen molar-refractivity contribution in [3.8, 4) is 0 Å². The summed E-state index contributed by atoms with van der Waals surface area (Å²) in [5, 5.41) is 0. The lowest BCUT2D eigenvalue weighted by Crippen LogP contribution is -1.96. The van der Waals surface area contributed by atoms with Crippen molar-refractivity contribution < 1.29 is 0 Å². The summed E-state index contributed by atoms with van der Waals surface area (Å²) in [4.78, 5) is 16.6. The smallest absolute Gasteiger partial charge is 0.0682 e. The predicted octanol–water partition coefficient (Wildman–Crippen LogP) is 6.64. The van der Waals surface area contributed by atoms with Gasteiger partial charge < -0.3 is 9.97 Å². The largest absolute Gasteiger partial charge is 0.358 e. The number of hydrogen-bond acceptors (Lipinski definition) is 2. The highest BCUT2D eigenvalue weighted by Gasteiger charge is 2.18. The third-order valence-corrected chi connectivity index (χ3v) is 6.83. The number of allylic oxidation sites excluding steroid dienone is 3. The van der Waals surface area contributed by atoms with Crippen molar-refractivity contribution in [2.75, 3.05) is 0 Å². The molecular weight excluding hydrogens is 380 g/mol. The quantitative estimate of drug-likeness (QED) is 0.532. The molecule has 162 valence electrons. The second kappa shape index (κ2) is 8.70. The first-order valence-corrected chi connectivity index (χ1v) is 11.5. The van der Waals surface area contributed by atoms with Gasteiger partial charge in [-0.3, -0.25) is 9.98 Å². The van der Waals surface area contributed by atoms with Crippen LogP contribution >= 0.6 is 0 Å². The number of H-pyrrole nitrogens is 2. The van der Waals surface area contributed by atoms with E-state index in [1.807, 2.05) is 12.4 Å². The van der Waals surface area contributed by atoms with Crippen molar-refractivity contribution in [1.82, 2.24) is 9.97 Å². The van der Waals surface area contributed by atoms with E-state index in [4.69, 9.17) is 0 Å². The summed E-state index contributed by atoms with van der Waals surface area (Å²) in [6.45, 7) is 13.2. The van der Waals surface area contributed by atoms with Crippen LogP contribution in [0.15, 0.2) is 32.5 Å². The van der Waals surface area contributed by atoms with Crippen LogP contribution in [0.1, 0.15) is 85.6 Å². The first kappa shape index (κ1) is 21.4. The molecule has 0 unspecified atom stereocenters. The first-order chi connectivity index (χ1) is 14.9. The van der Waals surface area contributed by atoms with Crippen molar-refractivity contribution in [2.45, 2.75) is 73.6 Å². The Kier molecular flexibility index (Phi) is 5.99. The van der Waals surface area contributed by atoms with Crippen molar-refractivity contribution in [1.29, 1.82) is 0 Å². The van der Waals surface area contributed by atoms with Crippen LogP contribution in [0.25, 0.3) is 12.2 Å². The number of aromatic amines is 2. The number of nitrogens with zero attached hydrogens (tertiary/aromatic N) is 2. The molecule has 2 aromatic rings. The molecule has 0 saturated heterocycles. The number of aliphatic imine (C=N–C) groups is 2. The molecular formula is C27H34N4. The number of hydrogen-bond donors (Lipinski definition) is 2. The Balaban J connectivity index is 1.69. The summed E-state index contributed by atoms with van der Waals surface area (Å²) >= 11 is 0. The van der Waals surface area contributed by atoms with Gasteiger partial charge in [-0.1, -0.05) is 13.8 Å². The van der Waals surface area contributed by atoms with Gasteiger partial charge in [-0.25, -0.2) is 0 Å². The van der Waals surface area contributed by atoms with Crippen molar-refractivity contribution >= 4 is 24.6 Å². The lowest BCUT2D eigenvalue weighted by Gasteiger charge is -2.04. The summed E-state index contributed by atoms with van der Waals surface area (Å²) in [7, 11) is 0. The molecule has 0 bridgehead atoms. The molecule has 2 aliphatic rings. The van der Waals surface area contributed by atoms with Gasteiger partial charge in [0.05, 0.1) is 5.70 Å². The van der Waals surface area contributed by atoms with Crippen LogP contribution < -0.4 is 0 Å². The van der Waals surface area contributed by atoms with E-state index >= 15 is 0 Å². The fourth-order valence-corrected chi connectivity index (χ4v) is 4.72. The van der Waals surface area contributed by atoms with E-state index in [1.165, 1.54) is 61.9 Å². The van der Waals surface area contributed by atoms with Gasteiger partial charge in [0, 0.05) is 47.3 Å². The summed E-state index contributed by atoms with van der Waals surface area (Å²) in [5.74, 6) is 0. The monoisotopic (exact) mass is 414 g/mol. The molecule has 0 aromatic carbocycles. The maximum atomic E-state index is 4.59. The van der Waals surface area contributed by atoms with Gasteiger partial charge in [-0.05, 0) is 98.9 Å². The summed E-state index contributed by atoms with van der Waals surface area (Å²) < 4.78 is 0. The lowest BCUT2D eigenvalue weighted by atomic mass is 10.0. The average molecular weight is 415 g/mol.